The zero-order valence-corrected chi connectivity index (χ0v) is 18.5. The standard InChI is InChI=1S/C21H32N6O3/c1-13(2)8-10-26-17-18(23-20(26)25-9-6-7-15(22)11-25)27(12-16(28)14(3)4)21(30)24(5)19(17)29/h8,14-15H,6-7,9-12,22H2,1-5H3. The molecule has 0 aromatic carbocycles. The Morgan fingerprint density at radius 1 is 1.27 bits per heavy atom. The van der Waals surface area contributed by atoms with Crippen LogP contribution in [-0.4, -0.2) is 43.6 Å². The zero-order valence-electron chi connectivity index (χ0n) is 18.5. The van der Waals surface area contributed by atoms with Crippen molar-refractivity contribution in [2.24, 2.45) is 18.7 Å². The van der Waals surface area contributed by atoms with Crippen molar-refractivity contribution in [3.8, 4) is 0 Å². The van der Waals surface area contributed by atoms with E-state index in [0.29, 0.717) is 24.6 Å². The van der Waals surface area contributed by atoms with Crippen LogP contribution < -0.4 is 21.9 Å². The quantitative estimate of drug-likeness (QED) is 0.704. The van der Waals surface area contributed by atoms with E-state index in [2.05, 4.69) is 4.90 Å². The number of hydrogen-bond donors (Lipinski definition) is 1. The average Bonchev–Trinajstić information content (AvgIpc) is 3.07. The first-order chi connectivity index (χ1) is 14.1. The molecule has 1 unspecified atom stereocenters. The third-order valence-electron chi connectivity index (χ3n) is 5.59. The molecule has 3 rings (SSSR count). The fourth-order valence-electron chi connectivity index (χ4n) is 3.71. The molecule has 0 radical (unpaired) electrons. The van der Waals surface area contributed by atoms with Gasteiger partial charge in [-0.05, 0) is 26.7 Å². The van der Waals surface area contributed by atoms with Crippen molar-refractivity contribution in [2.45, 2.75) is 59.7 Å². The van der Waals surface area contributed by atoms with E-state index in [1.54, 1.807) is 13.8 Å². The molecule has 9 heteroatoms. The van der Waals surface area contributed by atoms with Crippen LogP contribution in [0.1, 0.15) is 40.5 Å². The average molecular weight is 417 g/mol. The number of ketones is 1. The number of anilines is 1. The summed E-state index contributed by atoms with van der Waals surface area (Å²) in [4.78, 5) is 45.2. The van der Waals surface area contributed by atoms with E-state index in [1.165, 1.54) is 11.6 Å². The van der Waals surface area contributed by atoms with Crippen LogP contribution in [0.25, 0.3) is 11.2 Å². The second-order valence-corrected chi connectivity index (χ2v) is 8.68. The summed E-state index contributed by atoms with van der Waals surface area (Å²) in [6.45, 7) is 9.32. The van der Waals surface area contributed by atoms with Crippen molar-refractivity contribution in [1.29, 1.82) is 0 Å². The lowest BCUT2D eigenvalue weighted by atomic mass is 10.1. The molecule has 1 aliphatic rings. The number of piperidine rings is 1. The monoisotopic (exact) mass is 416 g/mol. The summed E-state index contributed by atoms with van der Waals surface area (Å²) in [7, 11) is 1.44. The summed E-state index contributed by atoms with van der Waals surface area (Å²) < 4.78 is 4.23. The number of hydrogen-bond acceptors (Lipinski definition) is 6. The maximum absolute atomic E-state index is 13.1. The zero-order chi connectivity index (χ0) is 22.2. The van der Waals surface area contributed by atoms with Crippen molar-refractivity contribution in [2.75, 3.05) is 18.0 Å². The highest BCUT2D eigenvalue weighted by molar-refractivity contribution is 5.82. The Morgan fingerprint density at radius 3 is 2.57 bits per heavy atom. The number of carbonyl (C=O) groups is 1. The molecule has 0 aliphatic carbocycles. The molecule has 9 nitrogen and oxygen atoms in total. The van der Waals surface area contributed by atoms with E-state index in [9.17, 15) is 14.4 Å². The Hall–Kier alpha value is -2.68. The maximum Gasteiger partial charge on any atom is 0.332 e. The van der Waals surface area contributed by atoms with Gasteiger partial charge in [0.1, 0.15) is 0 Å². The number of allylic oxidation sites excluding steroid dienone is 2. The van der Waals surface area contributed by atoms with Gasteiger partial charge in [0.15, 0.2) is 16.9 Å². The van der Waals surface area contributed by atoms with Crippen LogP contribution in [0.15, 0.2) is 21.2 Å². The number of nitrogens with two attached hydrogens (primary N) is 1. The summed E-state index contributed by atoms with van der Waals surface area (Å²) >= 11 is 0. The number of Topliss-reactive ketones (excluding diaryl/α,β-unsaturated/α-hetero) is 1. The molecular weight excluding hydrogens is 384 g/mol. The van der Waals surface area contributed by atoms with Crippen LogP contribution in [0.4, 0.5) is 5.95 Å². The number of aromatic nitrogens is 4. The third-order valence-corrected chi connectivity index (χ3v) is 5.59. The molecule has 0 bridgehead atoms. The van der Waals surface area contributed by atoms with Crippen molar-refractivity contribution in [3.05, 3.63) is 32.5 Å². The van der Waals surface area contributed by atoms with Gasteiger partial charge in [-0.2, -0.15) is 4.98 Å². The number of rotatable bonds is 6. The van der Waals surface area contributed by atoms with Crippen LogP contribution in [0.3, 0.4) is 0 Å². The van der Waals surface area contributed by atoms with Gasteiger partial charge < -0.3 is 15.2 Å². The summed E-state index contributed by atoms with van der Waals surface area (Å²) in [5.41, 5.74) is 6.94. The van der Waals surface area contributed by atoms with Gasteiger partial charge in [0.25, 0.3) is 5.56 Å². The van der Waals surface area contributed by atoms with Gasteiger partial charge in [-0.15, -0.1) is 0 Å². The molecule has 2 aromatic rings. The van der Waals surface area contributed by atoms with E-state index >= 15 is 0 Å². The molecular formula is C21H32N6O3. The summed E-state index contributed by atoms with van der Waals surface area (Å²) in [6, 6.07) is 0.0306. The molecule has 2 aromatic heterocycles. The first-order valence-corrected chi connectivity index (χ1v) is 10.5. The van der Waals surface area contributed by atoms with Crippen LogP contribution >= 0.6 is 0 Å². The number of imidazole rings is 1. The predicted molar refractivity (Wildman–Crippen MR) is 118 cm³/mol. The lowest BCUT2D eigenvalue weighted by Crippen LogP contribution is -2.44. The Bertz CT molecular complexity index is 1100. The Labute approximate surface area is 175 Å². The van der Waals surface area contributed by atoms with Crippen LogP contribution in [0.2, 0.25) is 0 Å². The lowest BCUT2D eigenvalue weighted by molar-refractivity contribution is -0.122. The minimum atomic E-state index is -0.532. The Balaban J connectivity index is 2.30. The smallest absolute Gasteiger partial charge is 0.332 e. The predicted octanol–water partition coefficient (Wildman–Crippen LogP) is 1.02. The highest BCUT2D eigenvalue weighted by Gasteiger charge is 2.26. The molecule has 164 valence electrons. The molecule has 1 atom stereocenters. The summed E-state index contributed by atoms with van der Waals surface area (Å²) in [5, 5.41) is 0. The molecule has 3 heterocycles. The lowest BCUT2D eigenvalue weighted by Gasteiger charge is -2.31. The highest BCUT2D eigenvalue weighted by Crippen LogP contribution is 2.23. The van der Waals surface area contributed by atoms with Crippen molar-refractivity contribution in [1.82, 2.24) is 18.7 Å². The van der Waals surface area contributed by atoms with Crippen molar-refractivity contribution < 1.29 is 4.79 Å². The molecule has 0 spiro atoms. The molecule has 1 fully saturated rings. The first kappa shape index (κ1) is 22.0. The minimum absolute atomic E-state index is 0.0306. The SMILES string of the molecule is CC(C)=CCn1c(N2CCCC(N)C2)nc2c1c(=O)n(C)c(=O)n2CC(=O)C(C)C. The summed E-state index contributed by atoms with van der Waals surface area (Å²) in [5.74, 6) is 0.306. The van der Waals surface area contributed by atoms with Crippen LogP contribution in [0.5, 0.6) is 0 Å². The summed E-state index contributed by atoms with van der Waals surface area (Å²) in [6.07, 6.45) is 3.90. The van der Waals surface area contributed by atoms with Gasteiger partial charge in [-0.1, -0.05) is 25.5 Å². The number of nitrogens with zero attached hydrogens (tertiary/aromatic N) is 5. The molecule has 0 saturated carbocycles. The Morgan fingerprint density at radius 2 is 1.97 bits per heavy atom. The van der Waals surface area contributed by atoms with E-state index in [1.807, 2.05) is 24.5 Å². The van der Waals surface area contributed by atoms with Crippen LogP contribution in [0, 0.1) is 5.92 Å². The van der Waals surface area contributed by atoms with Gasteiger partial charge in [0, 0.05) is 38.6 Å². The fourth-order valence-corrected chi connectivity index (χ4v) is 3.71. The van der Waals surface area contributed by atoms with Gasteiger partial charge in [0.2, 0.25) is 5.95 Å². The van der Waals surface area contributed by atoms with Gasteiger partial charge in [-0.3, -0.25) is 18.7 Å². The van der Waals surface area contributed by atoms with Gasteiger partial charge in [0.05, 0.1) is 6.54 Å². The van der Waals surface area contributed by atoms with Crippen molar-refractivity contribution >= 4 is 22.9 Å². The molecule has 0 amide bonds. The fraction of sp³-hybridized carbons (Fsp3) is 0.619. The molecule has 1 aliphatic heterocycles. The van der Waals surface area contributed by atoms with Crippen molar-refractivity contribution in [3.63, 3.8) is 0 Å². The first-order valence-electron chi connectivity index (χ1n) is 10.5. The third kappa shape index (κ3) is 4.12. The van der Waals surface area contributed by atoms with Gasteiger partial charge in [-0.25, -0.2) is 4.79 Å². The number of fused-ring (bicyclic) bond motifs is 1. The second kappa shape index (κ2) is 8.59. The molecule has 30 heavy (non-hydrogen) atoms. The van der Waals surface area contributed by atoms with E-state index in [0.717, 1.165) is 29.5 Å². The topological polar surface area (TPSA) is 108 Å². The van der Waals surface area contributed by atoms with E-state index < -0.39 is 11.2 Å². The molecule has 1 saturated heterocycles. The second-order valence-electron chi connectivity index (χ2n) is 8.68. The maximum atomic E-state index is 13.1. The normalized spacial score (nSPS) is 17.0. The van der Waals surface area contributed by atoms with E-state index in [4.69, 9.17) is 10.7 Å². The van der Waals surface area contributed by atoms with Crippen LogP contribution in [-0.2, 0) is 24.9 Å². The minimum Gasteiger partial charge on any atom is -0.341 e. The Kier molecular flexibility index (Phi) is 6.30. The van der Waals surface area contributed by atoms with E-state index in [-0.39, 0.29) is 29.9 Å². The largest absolute Gasteiger partial charge is 0.341 e. The highest BCUT2D eigenvalue weighted by atomic mass is 16.2. The number of carbonyl (C=O) groups excluding carboxylic acids is 1. The van der Waals surface area contributed by atoms with Gasteiger partial charge >= 0.3 is 5.69 Å². The molecule has 2 N–H and O–H groups in total.